The molecule has 1 atom stereocenters. The van der Waals surface area contributed by atoms with Crippen LogP contribution in [0.2, 0.25) is 0 Å². The minimum Gasteiger partial charge on any atom is -0.324 e. The molecule has 1 aliphatic rings. The average Bonchev–Trinajstić information content (AvgIpc) is 2.03. The van der Waals surface area contributed by atoms with Crippen molar-refractivity contribution < 1.29 is 13.2 Å². The van der Waals surface area contributed by atoms with Gasteiger partial charge >= 0.3 is 6.18 Å². The van der Waals surface area contributed by atoms with Gasteiger partial charge in [0.2, 0.25) is 0 Å². The van der Waals surface area contributed by atoms with E-state index >= 15 is 0 Å². The number of halogens is 3. The third-order valence-electron chi connectivity index (χ3n) is 1.56. The molecule has 0 spiro atoms. The number of hydrogen-bond donors (Lipinski definition) is 1. The monoisotopic (exact) mass is 187 g/mol. The summed E-state index contributed by atoms with van der Waals surface area (Å²) in [5.41, 5.74) is 10.9. The van der Waals surface area contributed by atoms with E-state index in [2.05, 4.69) is 11.5 Å². The largest absolute Gasteiger partial charge is 0.390 e. The second kappa shape index (κ2) is 3.67. The zero-order chi connectivity index (χ0) is 9.90. The quantitative estimate of drug-likeness (QED) is 0.658. The first-order valence-corrected chi connectivity index (χ1v) is 3.69. The summed E-state index contributed by atoms with van der Waals surface area (Å²) in [5, 5.41) is 0. The SMILES string of the molecule is NC(CC(F)(F)F)C1=CC=C=C=C1. The van der Waals surface area contributed by atoms with Gasteiger partial charge in [0.05, 0.1) is 6.42 Å². The van der Waals surface area contributed by atoms with Gasteiger partial charge in [-0.05, 0) is 23.8 Å². The first kappa shape index (κ1) is 9.87. The molecular weight excluding hydrogens is 179 g/mol. The highest BCUT2D eigenvalue weighted by atomic mass is 19.4. The maximum absolute atomic E-state index is 11.9. The molecule has 0 radical (unpaired) electrons. The van der Waals surface area contributed by atoms with Gasteiger partial charge in [-0.2, -0.15) is 13.2 Å². The van der Waals surface area contributed by atoms with Crippen molar-refractivity contribution in [3.05, 3.63) is 35.3 Å². The van der Waals surface area contributed by atoms with Gasteiger partial charge in [0.15, 0.2) is 0 Å². The van der Waals surface area contributed by atoms with Crippen molar-refractivity contribution >= 4 is 0 Å². The number of allylic oxidation sites excluding steroid dienone is 2. The fourth-order valence-corrected chi connectivity index (χ4v) is 0.957. The van der Waals surface area contributed by atoms with Gasteiger partial charge in [-0.25, -0.2) is 0 Å². The normalized spacial score (nSPS) is 17.4. The van der Waals surface area contributed by atoms with Crippen LogP contribution in [-0.4, -0.2) is 12.2 Å². The second-order valence-electron chi connectivity index (χ2n) is 2.69. The molecule has 4 heteroatoms. The van der Waals surface area contributed by atoms with Crippen molar-refractivity contribution in [3.8, 4) is 0 Å². The molecule has 0 fully saturated rings. The smallest absolute Gasteiger partial charge is 0.324 e. The maximum Gasteiger partial charge on any atom is 0.390 e. The second-order valence-corrected chi connectivity index (χ2v) is 2.69. The van der Waals surface area contributed by atoms with E-state index in [9.17, 15) is 13.2 Å². The molecule has 70 valence electrons. The summed E-state index contributed by atoms with van der Waals surface area (Å²) in [7, 11) is 0. The van der Waals surface area contributed by atoms with Crippen LogP contribution in [0.15, 0.2) is 35.3 Å². The zero-order valence-corrected chi connectivity index (χ0v) is 6.73. The third-order valence-corrected chi connectivity index (χ3v) is 1.56. The van der Waals surface area contributed by atoms with Gasteiger partial charge in [-0.15, -0.1) is 0 Å². The van der Waals surface area contributed by atoms with Gasteiger partial charge in [0, 0.05) is 6.04 Å². The molecule has 0 aromatic heterocycles. The van der Waals surface area contributed by atoms with E-state index in [1.165, 1.54) is 18.2 Å². The first-order valence-electron chi connectivity index (χ1n) is 3.69. The average molecular weight is 187 g/mol. The van der Waals surface area contributed by atoms with Crippen molar-refractivity contribution in [2.45, 2.75) is 18.6 Å². The van der Waals surface area contributed by atoms with Crippen LogP contribution in [0.5, 0.6) is 0 Å². The molecule has 13 heavy (non-hydrogen) atoms. The molecule has 1 rings (SSSR count). The molecule has 0 bridgehead atoms. The summed E-state index contributed by atoms with van der Waals surface area (Å²) >= 11 is 0. The van der Waals surface area contributed by atoms with Crippen LogP contribution in [0, 0.1) is 0 Å². The first-order chi connectivity index (χ1) is 5.99. The third kappa shape index (κ3) is 3.34. The molecule has 1 aliphatic carbocycles. The Morgan fingerprint density at radius 2 is 2.08 bits per heavy atom. The Kier molecular flexibility index (Phi) is 2.79. The lowest BCUT2D eigenvalue weighted by molar-refractivity contribution is -0.136. The predicted molar refractivity (Wildman–Crippen MR) is 42.9 cm³/mol. The Morgan fingerprint density at radius 3 is 2.54 bits per heavy atom. The van der Waals surface area contributed by atoms with Crippen molar-refractivity contribution in [2.75, 3.05) is 0 Å². The minimum atomic E-state index is -4.22. The van der Waals surface area contributed by atoms with Crippen LogP contribution < -0.4 is 5.73 Å². The summed E-state index contributed by atoms with van der Waals surface area (Å²) in [6.45, 7) is 0. The van der Waals surface area contributed by atoms with Gasteiger partial charge in [0.1, 0.15) is 0 Å². The summed E-state index contributed by atoms with van der Waals surface area (Å²) in [6.07, 6.45) is -0.821. The van der Waals surface area contributed by atoms with E-state index in [0.29, 0.717) is 5.57 Å². The van der Waals surface area contributed by atoms with E-state index in [0.717, 1.165) is 0 Å². The number of hydrogen-bond acceptors (Lipinski definition) is 1. The van der Waals surface area contributed by atoms with Gasteiger partial charge < -0.3 is 5.73 Å². The van der Waals surface area contributed by atoms with Crippen LogP contribution in [0.4, 0.5) is 13.2 Å². The fraction of sp³-hybridized carbons (Fsp3) is 0.333. The summed E-state index contributed by atoms with van der Waals surface area (Å²) < 4.78 is 35.7. The van der Waals surface area contributed by atoms with Gasteiger partial charge in [-0.1, -0.05) is 11.5 Å². The highest BCUT2D eigenvalue weighted by molar-refractivity contribution is 5.31. The molecule has 1 nitrogen and oxygen atoms in total. The Hall–Kier alpha value is -1.21. The molecule has 0 aromatic rings. The molecule has 0 heterocycles. The topological polar surface area (TPSA) is 26.0 Å². The summed E-state index contributed by atoms with van der Waals surface area (Å²) in [6, 6.07) is -1.01. The Morgan fingerprint density at radius 1 is 1.38 bits per heavy atom. The predicted octanol–water partition coefficient (Wildman–Crippen LogP) is 2.07. The van der Waals surface area contributed by atoms with Crippen molar-refractivity contribution in [2.24, 2.45) is 5.73 Å². The Bertz CT molecular complexity index is 312. The van der Waals surface area contributed by atoms with E-state index in [1.54, 1.807) is 0 Å². The van der Waals surface area contributed by atoms with Crippen molar-refractivity contribution in [1.29, 1.82) is 0 Å². The standard InChI is InChI=1S/C9H8F3N/c10-9(11,12)6-8(13)7-4-2-1-3-5-7/h2,4-5,8H,6,13H2. The van der Waals surface area contributed by atoms with Crippen LogP contribution in [0.3, 0.4) is 0 Å². The van der Waals surface area contributed by atoms with E-state index < -0.39 is 18.6 Å². The van der Waals surface area contributed by atoms with Crippen molar-refractivity contribution in [3.63, 3.8) is 0 Å². The van der Waals surface area contributed by atoms with Crippen molar-refractivity contribution in [1.82, 2.24) is 0 Å². The molecular formula is C9H8F3N. The van der Waals surface area contributed by atoms with Crippen LogP contribution in [0.25, 0.3) is 0 Å². The zero-order valence-electron chi connectivity index (χ0n) is 6.73. The molecule has 2 N–H and O–H groups in total. The Labute approximate surface area is 73.7 Å². The molecule has 0 aliphatic heterocycles. The summed E-state index contributed by atoms with van der Waals surface area (Å²) in [4.78, 5) is 0. The van der Waals surface area contributed by atoms with Crippen LogP contribution in [0.1, 0.15) is 6.42 Å². The molecule has 1 unspecified atom stereocenters. The van der Waals surface area contributed by atoms with Gasteiger partial charge in [-0.3, -0.25) is 0 Å². The summed E-state index contributed by atoms with van der Waals surface area (Å²) in [5.74, 6) is 0. The van der Waals surface area contributed by atoms with Crippen LogP contribution in [-0.2, 0) is 0 Å². The number of rotatable bonds is 2. The Balaban J connectivity index is 2.60. The lowest BCUT2D eigenvalue weighted by atomic mass is 10.0. The molecule has 0 aromatic carbocycles. The highest BCUT2D eigenvalue weighted by Crippen LogP contribution is 2.23. The number of alkyl halides is 3. The fourth-order valence-electron chi connectivity index (χ4n) is 0.957. The van der Waals surface area contributed by atoms with E-state index in [4.69, 9.17) is 5.73 Å². The van der Waals surface area contributed by atoms with Gasteiger partial charge in [0.25, 0.3) is 0 Å². The molecule has 0 saturated carbocycles. The maximum atomic E-state index is 11.9. The lowest BCUT2D eigenvalue weighted by Gasteiger charge is -2.14. The minimum absolute atomic E-state index is 0.427. The van der Waals surface area contributed by atoms with Crippen LogP contribution >= 0.6 is 0 Å². The highest BCUT2D eigenvalue weighted by Gasteiger charge is 2.31. The molecule has 0 saturated heterocycles. The van der Waals surface area contributed by atoms with E-state index in [1.807, 2.05) is 0 Å². The lowest BCUT2D eigenvalue weighted by Crippen LogP contribution is -2.28. The number of nitrogens with two attached hydrogens (primary N) is 1. The molecule has 0 amide bonds. The van der Waals surface area contributed by atoms with E-state index in [-0.39, 0.29) is 0 Å².